The van der Waals surface area contributed by atoms with E-state index in [1.54, 1.807) is 0 Å². The molecule has 0 aromatic rings. The van der Waals surface area contributed by atoms with Crippen molar-refractivity contribution in [3.8, 4) is 0 Å². The molecule has 0 radical (unpaired) electrons. The molecule has 0 amide bonds. The molecule has 2 aliphatic carbocycles. The first-order chi connectivity index (χ1) is 6.51. The van der Waals surface area contributed by atoms with Gasteiger partial charge in [-0.05, 0) is 43.4 Å². The van der Waals surface area contributed by atoms with E-state index in [-0.39, 0.29) is 6.04 Å². The summed E-state index contributed by atoms with van der Waals surface area (Å²) in [7, 11) is 0. The van der Waals surface area contributed by atoms with Gasteiger partial charge in [0.2, 0.25) is 0 Å². The van der Waals surface area contributed by atoms with Gasteiger partial charge in [-0.3, -0.25) is 0 Å². The highest BCUT2D eigenvalue weighted by molar-refractivity contribution is 5.02. The molecule has 0 heterocycles. The molecule has 0 saturated heterocycles. The maximum Gasteiger partial charge on any atom is 0.116 e. The lowest BCUT2D eigenvalue weighted by Crippen LogP contribution is -2.54. The Morgan fingerprint density at radius 3 is 2.29 bits per heavy atom. The lowest BCUT2D eigenvalue weighted by atomic mass is 9.62. The van der Waals surface area contributed by atoms with Crippen LogP contribution in [0.2, 0.25) is 0 Å². The molecule has 0 bridgehead atoms. The van der Waals surface area contributed by atoms with E-state index >= 15 is 0 Å². The second-order valence-electron chi connectivity index (χ2n) is 5.67. The number of rotatable bonds is 1. The smallest absolute Gasteiger partial charge is 0.116 e. The van der Waals surface area contributed by atoms with Gasteiger partial charge in [-0.1, -0.05) is 20.3 Å². The van der Waals surface area contributed by atoms with Crippen molar-refractivity contribution in [2.75, 3.05) is 0 Å². The largest absolute Gasteiger partial charge is 0.327 e. The highest BCUT2D eigenvalue weighted by atomic mass is 19.1. The summed E-state index contributed by atoms with van der Waals surface area (Å²) in [5.74, 6) is 1.77. The van der Waals surface area contributed by atoms with Crippen molar-refractivity contribution in [3.05, 3.63) is 0 Å². The lowest BCUT2D eigenvalue weighted by molar-refractivity contribution is -0.0446. The van der Waals surface area contributed by atoms with Crippen molar-refractivity contribution in [1.29, 1.82) is 0 Å². The first-order valence-electron chi connectivity index (χ1n) is 5.96. The van der Waals surface area contributed by atoms with E-state index in [0.29, 0.717) is 24.7 Å². The highest BCUT2D eigenvalue weighted by Crippen LogP contribution is 2.49. The van der Waals surface area contributed by atoms with Crippen LogP contribution in [0.4, 0.5) is 4.39 Å². The van der Waals surface area contributed by atoms with Crippen LogP contribution in [0.25, 0.3) is 0 Å². The zero-order valence-corrected chi connectivity index (χ0v) is 9.30. The van der Waals surface area contributed by atoms with Gasteiger partial charge in [-0.25, -0.2) is 4.39 Å². The molecule has 3 atom stereocenters. The van der Waals surface area contributed by atoms with Gasteiger partial charge < -0.3 is 5.73 Å². The number of halogens is 1. The third-order valence-corrected chi connectivity index (χ3v) is 4.53. The van der Waals surface area contributed by atoms with Gasteiger partial charge in [0.15, 0.2) is 0 Å². The van der Waals surface area contributed by atoms with Gasteiger partial charge in [-0.15, -0.1) is 0 Å². The zero-order chi connectivity index (χ0) is 10.3. The van der Waals surface area contributed by atoms with Crippen molar-refractivity contribution in [2.45, 2.75) is 57.7 Å². The SMILES string of the molecule is CC1CCC(C2(F)CC(N)C2)CC1C. The quantitative estimate of drug-likeness (QED) is 0.690. The van der Waals surface area contributed by atoms with Crippen molar-refractivity contribution < 1.29 is 4.39 Å². The first-order valence-corrected chi connectivity index (χ1v) is 5.96. The molecule has 82 valence electrons. The van der Waals surface area contributed by atoms with E-state index in [0.717, 1.165) is 18.8 Å². The molecule has 2 heteroatoms. The maximum absolute atomic E-state index is 14.3. The van der Waals surface area contributed by atoms with Crippen LogP contribution in [0.1, 0.15) is 46.0 Å². The van der Waals surface area contributed by atoms with E-state index in [4.69, 9.17) is 5.73 Å². The fourth-order valence-corrected chi connectivity index (χ4v) is 3.16. The topological polar surface area (TPSA) is 26.0 Å². The van der Waals surface area contributed by atoms with Gasteiger partial charge in [0, 0.05) is 6.04 Å². The average molecular weight is 199 g/mol. The Balaban J connectivity index is 1.93. The van der Waals surface area contributed by atoms with Gasteiger partial charge in [0.05, 0.1) is 0 Å². The van der Waals surface area contributed by atoms with Crippen LogP contribution in [0.15, 0.2) is 0 Å². The summed E-state index contributed by atoms with van der Waals surface area (Å²) in [6.07, 6.45) is 4.57. The molecular formula is C12H22FN. The summed E-state index contributed by atoms with van der Waals surface area (Å²) in [5, 5.41) is 0. The lowest BCUT2D eigenvalue weighted by Gasteiger charge is -2.48. The van der Waals surface area contributed by atoms with E-state index < -0.39 is 5.67 Å². The minimum absolute atomic E-state index is 0.134. The Labute approximate surface area is 86.2 Å². The number of nitrogens with two attached hydrogens (primary N) is 1. The van der Waals surface area contributed by atoms with Crippen LogP contribution in [0.5, 0.6) is 0 Å². The normalized spacial score (nSPS) is 54.0. The number of hydrogen-bond acceptors (Lipinski definition) is 1. The molecule has 2 fully saturated rings. The van der Waals surface area contributed by atoms with Crippen LogP contribution in [-0.2, 0) is 0 Å². The number of hydrogen-bond donors (Lipinski definition) is 1. The molecule has 0 aromatic heterocycles. The first kappa shape index (κ1) is 10.4. The van der Waals surface area contributed by atoms with Crippen LogP contribution in [-0.4, -0.2) is 11.7 Å². The molecule has 0 aliphatic heterocycles. The van der Waals surface area contributed by atoms with Gasteiger partial charge in [0.1, 0.15) is 5.67 Å². The third kappa shape index (κ3) is 1.69. The van der Waals surface area contributed by atoms with Crippen molar-refractivity contribution >= 4 is 0 Å². The highest BCUT2D eigenvalue weighted by Gasteiger charge is 2.50. The molecule has 2 saturated carbocycles. The standard InChI is InChI=1S/C12H22FN/c1-8-3-4-10(5-9(8)2)12(13)6-11(14)7-12/h8-11H,3-7,14H2,1-2H3. The molecular weight excluding hydrogens is 177 g/mol. The average Bonchev–Trinajstić information content (AvgIpc) is 2.07. The summed E-state index contributed by atoms with van der Waals surface area (Å²) in [6, 6.07) is 0.134. The van der Waals surface area contributed by atoms with Crippen LogP contribution in [0.3, 0.4) is 0 Å². The zero-order valence-electron chi connectivity index (χ0n) is 9.30. The van der Waals surface area contributed by atoms with Crippen molar-refractivity contribution in [2.24, 2.45) is 23.5 Å². The molecule has 2 rings (SSSR count). The van der Waals surface area contributed by atoms with Crippen LogP contribution < -0.4 is 5.73 Å². The maximum atomic E-state index is 14.3. The van der Waals surface area contributed by atoms with Crippen LogP contribution >= 0.6 is 0 Å². The van der Waals surface area contributed by atoms with Gasteiger partial charge in [-0.2, -0.15) is 0 Å². The summed E-state index contributed by atoms with van der Waals surface area (Å²) in [4.78, 5) is 0. The van der Waals surface area contributed by atoms with Crippen LogP contribution in [0, 0.1) is 17.8 Å². The third-order valence-electron chi connectivity index (χ3n) is 4.53. The van der Waals surface area contributed by atoms with Gasteiger partial charge in [0.25, 0.3) is 0 Å². The summed E-state index contributed by atoms with van der Waals surface area (Å²) in [5.41, 5.74) is 4.79. The predicted octanol–water partition coefficient (Wildman–Crippen LogP) is 2.89. The monoisotopic (exact) mass is 199 g/mol. The van der Waals surface area contributed by atoms with Crippen molar-refractivity contribution in [1.82, 2.24) is 0 Å². The molecule has 1 nitrogen and oxygen atoms in total. The summed E-state index contributed by atoms with van der Waals surface area (Å²) >= 11 is 0. The minimum atomic E-state index is -0.895. The summed E-state index contributed by atoms with van der Waals surface area (Å²) in [6.45, 7) is 4.55. The predicted molar refractivity (Wildman–Crippen MR) is 56.7 cm³/mol. The second kappa shape index (κ2) is 3.48. The summed E-state index contributed by atoms with van der Waals surface area (Å²) < 4.78 is 14.3. The fourth-order valence-electron chi connectivity index (χ4n) is 3.16. The Morgan fingerprint density at radius 2 is 1.79 bits per heavy atom. The van der Waals surface area contributed by atoms with E-state index in [2.05, 4.69) is 13.8 Å². The molecule has 14 heavy (non-hydrogen) atoms. The van der Waals surface area contributed by atoms with Gasteiger partial charge >= 0.3 is 0 Å². The Hall–Kier alpha value is -0.110. The number of alkyl halides is 1. The molecule has 2 N–H and O–H groups in total. The molecule has 0 spiro atoms. The fraction of sp³-hybridized carbons (Fsp3) is 1.00. The molecule has 3 unspecified atom stereocenters. The van der Waals surface area contributed by atoms with E-state index in [9.17, 15) is 4.39 Å². The Morgan fingerprint density at radius 1 is 1.14 bits per heavy atom. The van der Waals surface area contributed by atoms with E-state index in [1.807, 2.05) is 0 Å². The second-order valence-corrected chi connectivity index (χ2v) is 5.67. The van der Waals surface area contributed by atoms with E-state index in [1.165, 1.54) is 6.42 Å². The Kier molecular flexibility index (Phi) is 2.59. The molecule has 0 aromatic carbocycles. The van der Waals surface area contributed by atoms with Crippen molar-refractivity contribution in [3.63, 3.8) is 0 Å². The minimum Gasteiger partial charge on any atom is -0.327 e. The Bertz CT molecular complexity index is 210. The molecule has 2 aliphatic rings.